The Morgan fingerprint density at radius 1 is 0.742 bits per heavy atom. The zero-order valence-corrected chi connectivity index (χ0v) is 18.2. The van der Waals surface area contributed by atoms with Gasteiger partial charge in [0.15, 0.2) is 0 Å². The minimum atomic E-state index is 1.03. The quantitative estimate of drug-likeness (QED) is 0.332. The molecule has 0 atom stereocenters. The fraction of sp³-hybridized carbons (Fsp3) is 0.167. The summed E-state index contributed by atoms with van der Waals surface area (Å²) in [7, 11) is 0. The van der Waals surface area contributed by atoms with Gasteiger partial charge in [0.1, 0.15) is 0 Å². The highest BCUT2D eigenvalue weighted by Gasteiger charge is 2.17. The van der Waals surface area contributed by atoms with E-state index in [9.17, 15) is 0 Å². The zero-order valence-electron chi connectivity index (χ0n) is 18.2. The molecule has 0 spiro atoms. The number of hydrogen-bond donors (Lipinski definition) is 0. The van der Waals surface area contributed by atoms with Crippen molar-refractivity contribution < 1.29 is 0 Å². The first-order valence-corrected chi connectivity index (χ1v) is 11.1. The molecule has 3 aromatic carbocycles. The van der Waals surface area contributed by atoms with Crippen molar-refractivity contribution in [1.82, 2.24) is 4.98 Å². The van der Waals surface area contributed by atoms with Crippen LogP contribution in [0.25, 0.3) is 27.6 Å². The fourth-order valence-electron chi connectivity index (χ4n) is 4.67. The minimum absolute atomic E-state index is 1.03. The largest absolute Gasteiger partial charge is 0.253 e. The Labute approximate surface area is 184 Å². The molecule has 1 heteroatoms. The second-order valence-corrected chi connectivity index (χ2v) is 8.43. The molecule has 0 saturated heterocycles. The summed E-state index contributed by atoms with van der Waals surface area (Å²) in [4.78, 5) is 5.08. The average molecular weight is 402 g/mol. The molecule has 0 saturated carbocycles. The van der Waals surface area contributed by atoms with E-state index in [4.69, 9.17) is 4.98 Å². The molecule has 1 nitrogen and oxygen atoms in total. The van der Waals surface area contributed by atoms with Gasteiger partial charge in [-0.25, -0.2) is 0 Å². The molecular formula is C30H27N. The molecule has 0 unspecified atom stereocenters. The van der Waals surface area contributed by atoms with Crippen LogP contribution in [0.3, 0.4) is 0 Å². The fourth-order valence-corrected chi connectivity index (χ4v) is 4.67. The Kier molecular flexibility index (Phi) is 5.26. The van der Waals surface area contributed by atoms with E-state index in [2.05, 4.69) is 105 Å². The Morgan fingerprint density at radius 2 is 1.45 bits per heavy atom. The van der Waals surface area contributed by atoms with Gasteiger partial charge in [0.05, 0.1) is 5.52 Å². The van der Waals surface area contributed by atoms with Gasteiger partial charge < -0.3 is 0 Å². The summed E-state index contributed by atoms with van der Waals surface area (Å²) in [5, 5.41) is 1.24. The van der Waals surface area contributed by atoms with Crippen LogP contribution in [0, 0.1) is 6.92 Å². The first-order valence-electron chi connectivity index (χ1n) is 11.1. The molecule has 0 radical (unpaired) electrons. The van der Waals surface area contributed by atoms with Gasteiger partial charge in [-0.05, 0) is 72.6 Å². The second-order valence-electron chi connectivity index (χ2n) is 8.43. The summed E-state index contributed by atoms with van der Waals surface area (Å²) in [6, 6.07) is 28.3. The molecule has 1 aromatic heterocycles. The summed E-state index contributed by atoms with van der Waals surface area (Å²) < 4.78 is 0. The Balaban J connectivity index is 1.81. The Bertz CT molecular complexity index is 1290. The van der Waals surface area contributed by atoms with Crippen molar-refractivity contribution in [1.29, 1.82) is 0 Å². The molecule has 0 fully saturated rings. The molecule has 4 aromatic rings. The lowest BCUT2D eigenvalue weighted by molar-refractivity contribution is 0.842. The lowest BCUT2D eigenvalue weighted by Gasteiger charge is -2.18. The summed E-state index contributed by atoms with van der Waals surface area (Å²) in [6.07, 6.45) is 7.98. The van der Waals surface area contributed by atoms with Gasteiger partial charge in [-0.15, -0.1) is 0 Å². The van der Waals surface area contributed by atoms with E-state index in [1.165, 1.54) is 44.3 Å². The van der Waals surface area contributed by atoms with Gasteiger partial charge in [-0.2, -0.15) is 0 Å². The zero-order chi connectivity index (χ0) is 21.2. The maximum atomic E-state index is 5.08. The maximum Gasteiger partial charge on any atom is 0.0749 e. The summed E-state index contributed by atoms with van der Waals surface area (Å²) in [5.74, 6) is 0. The molecule has 1 aliphatic carbocycles. The SMILES string of the molecule is CC1=CCCCc2c(ccc3c(-c4ccccc4)cc(C)nc23)C(c2ccccc2)=C1. The topological polar surface area (TPSA) is 12.9 Å². The molecule has 152 valence electrons. The van der Waals surface area contributed by atoms with Crippen LogP contribution in [0.2, 0.25) is 0 Å². The van der Waals surface area contributed by atoms with Crippen LogP contribution < -0.4 is 0 Å². The maximum absolute atomic E-state index is 5.08. The normalized spacial score (nSPS) is 14.1. The van der Waals surface area contributed by atoms with Crippen molar-refractivity contribution in [3.63, 3.8) is 0 Å². The van der Waals surface area contributed by atoms with Crippen LogP contribution in [0.15, 0.2) is 96.6 Å². The minimum Gasteiger partial charge on any atom is -0.253 e. The highest BCUT2D eigenvalue weighted by molar-refractivity contribution is 5.99. The van der Waals surface area contributed by atoms with Crippen LogP contribution in [0.1, 0.15) is 42.1 Å². The van der Waals surface area contributed by atoms with E-state index < -0.39 is 0 Å². The molecule has 31 heavy (non-hydrogen) atoms. The van der Waals surface area contributed by atoms with Crippen molar-refractivity contribution >= 4 is 16.5 Å². The predicted octanol–water partition coefficient (Wildman–Crippen LogP) is 7.92. The number of aromatic nitrogens is 1. The van der Waals surface area contributed by atoms with Gasteiger partial charge >= 0.3 is 0 Å². The van der Waals surface area contributed by atoms with E-state index in [0.717, 1.165) is 30.5 Å². The molecule has 0 N–H and O–H groups in total. The van der Waals surface area contributed by atoms with Crippen LogP contribution in [0.4, 0.5) is 0 Å². The van der Waals surface area contributed by atoms with Gasteiger partial charge in [0.25, 0.3) is 0 Å². The number of fused-ring (bicyclic) bond motifs is 3. The number of allylic oxidation sites excluding steroid dienone is 3. The van der Waals surface area contributed by atoms with Gasteiger partial charge in [0, 0.05) is 11.1 Å². The standard InChI is InChI=1S/C30H27N/c1-21-11-9-10-16-26-25(28(19-21)23-12-5-3-6-13-23)17-18-27-29(20-22(2)31-30(26)27)24-14-7-4-8-15-24/h3-8,11-15,17-20H,9-10,16H2,1-2H3. The number of aryl methyl sites for hydroxylation is 2. The number of benzene rings is 3. The van der Waals surface area contributed by atoms with Crippen molar-refractivity contribution in [3.8, 4) is 11.1 Å². The third-order valence-electron chi connectivity index (χ3n) is 6.14. The smallest absolute Gasteiger partial charge is 0.0749 e. The predicted molar refractivity (Wildman–Crippen MR) is 132 cm³/mol. The first kappa shape index (κ1) is 19.5. The molecule has 0 amide bonds. The van der Waals surface area contributed by atoms with Gasteiger partial charge in [0.2, 0.25) is 0 Å². The number of nitrogens with zero attached hydrogens (tertiary/aromatic N) is 1. The van der Waals surface area contributed by atoms with Crippen molar-refractivity contribution in [2.24, 2.45) is 0 Å². The molecule has 0 bridgehead atoms. The van der Waals surface area contributed by atoms with Gasteiger partial charge in [-0.3, -0.25) is 4.98 Å². The number of pyridine rings is 1. The molecule has 0 aliphatic heterocycles. The lowest BCUT2D eigenvalue weighted by Crippen LogP contribution is -2.00. The third-order valence-corrected chi connectivity index (χ3v) is 6.14. The first-order chi connectivity index (χ1) is 15.2. The summed E-state index contributed by atoms with van der Waals surface area (Å²) in [6.45, 7) is 4.32. The van der Waals surface area contributed by atoms with Gasteiger partial charge in [-0.1, -0.05) is 90.5 Å². The van der Waals surface area contributed by atoms with Crippen molar-refractivity contribution in [3.05, 3.63) is 119 Å². The summed E-state index contributed by atoms with van der Waals surface area (Å²) >= 11 is 0. The van der Waals surface area contributed by atoms with Crippen molar-refractivity contribution in [2.75, 3.05) is 0 Å². The van der Waals surface area contributed by atoms with Crippen LogP contribution >= 0.6 is 0 Å². The van der Waals surface area contributed by atoms with Crippen LogP contribution in [0.5, 0.6) is 0 Å². The Morgan fingerprint density at radius 3 is 2.19 bits per heavy atom. The van der Waals surface area contributed by atoms with E-state index in [0.29, 0.717) is 0 Å². The second kappa shape index (κ2) is 8.35. The molecule has 1 aliphatic rings. The molecular weight excluding hydrogens is 374 g/mol. The lowest BCUT2D eigenvalue weighted by atomic mass is 9.88. The van der Waals surface area contributed by atoms with E-state index in [1.807, 2.05) is 0 Å². The van der Waals surface area contributed by atoms with E-state index in [1.54, 1.807) is 0 Å². The molecule has 1 heterocycles. The van der Waals surface area contributed by atoms with E-state index >= 15 is 0 Å². The van der Waals surface area contributed by atoms with Crippen LogP contribution in [-0.4, -0.2) is 4.98 Å². The third kappa shape index (κ3) is 3.84. The van der Waals surface area contributed by atoms with E-state index in [-0.39, 0.29) is 0 Å². The highest BCUT2D eigenvalue weighted by Crippen LogP contribution is 2.37. The molecule has 5 rings (SSSR count). The van der Waals surface area contributed by atoms with Crippen LogP contribution in [-0.2, 0) is 6.42 Å². The highest BCUT2D eigenvalue weighted by atomic mass is 14.7. The summed E-state index contributed by atoms with van der Waals surface area (Å²) in [5.41, 5.74) is 11.3. The Hall–Kier alpha value is -3.45. The van der Waals surface area contributed by atoms with Crippen molar-refractivity contribution in [2.45, 2.75) is 33.1 Å². The monoisotopic (exact) mass is 401 g/mol. The number of rotatable bonds is 2. The average Bonchev–Trinajstić information content (AvgIpc) is 2.89. The number of hydrogen-bond acceptors (Lipinski definition) is 1.